The van der Waals surface area contributed by atoms with Gasteiger partial charge in [0.05, 0.1) is 5.56 Å². The van der Waals surface area contributed by atoms with Gasteiger partial charge in [-0.1, -0.05) is 38.1 Å². The fraction of sp³-hybridized carbons (Fsp3) is 0.381. The van der Waals surface area contributed by atoms with Crippen molar-refractivity contribution in [1.82, 2.24) is 9.62 Å². The van der Waals surface area contributed by atoms with Crippen LogP contribution in [-0.2, 0) is 10.0 Å². The lowest BCUT2D eigenvalue weighted by molar-refractivity contribution is 0.0985. The number of phenolic OH excluding ortho intramolecular Hbond substituents is 1. The first-order chi connectivity index (χ1) is 13.2. The first-order valence-electron chi connectivity index (χ1n) is 9.25. The second kappa shape index (κ2) is 9.21. The zero-order valence-corrected chi connectivity index (χ0v) is 17.5. The monoisotopic (exact) mass is 404 g/mol. The van der Waals surface area contributed by atoms with E-state index in [1.807, 2.05) is 16.9 Å². The molecule has 0 saturated carbocycles. The van der Waals surface area contributed by atoms with Crippen LogP contribution < -0.4 is 4.72 Å². The number of benzene rings is 2. The third kappa shape index (κ3) is 5.33. The van der Waals surface area contributed by atoms with Crippen molar-refractivity contribution in [1.29, 1.82) is 0 Å². The standard InChI is InChI=1S/C14H23NO.C7H5NO3S/c1-5-14(11(2)10-15(3)4)12-7-6-8-13(16)9-12;9-7-5-3-1-2-4-6(5)12(10,11)8-7/h6-9,11,14,16H,5,10H2,1-4H3;1-4H,(H,8,9). The molecule has 0 saturated heterocycles. The van der Waals surface area contributed by atoms with Crippen molar-refractivity contribution in [3.8, 4) is 5.75 Å². The Morgan fingerprint density at radius 2 is 1.79 bits per heavy atom. The second-order valence-electron chi connectivity index (χ2n) is 7.28. The Kier molecular flexibility index (Phi) is 7.21. The molecule has 0 spiro atoms. The Bertz CT molecular complexity index is 926. The van der Waals surface area contributed by atoms with Gasteiger partial charge in [-0.2, -0.15) is 0 Å². The van der Waals surface area contributed by atoms with E-state index in [1.165, 1.54) is 17.7 Å². The maximum absolute atomic E-state index is 11.1. The Morgan fingerprint density at radius 3 is 2.36 bits per heavy atom. The molecule has 2 aromatic rings. The molecule has 2 unspecified atom stereocenters. The third-order valence-electron chi connectivity index (χ3n) is 4.73. The third-order valence-corrected chi connectivity index (χ3v) is 6.12. The molecule has 1 heterocycles. The normalized spacial score (nSPS) is 16.5. The van der Waals surface area contributed by atoms with Gasteiger partial charge in [0.1, 0.15) is 10.6 Å². The maximum atomic E-state index is 11.1. The molecule has 1 aliphatic heterocycles. The summed E-state index contributed by atoms with van der Waals surface area (Å²) in [4.78, 5) is 13.3. The summed E-state index contributed by atoms with van der Waals surface area (Å²) in [5.41, 5.74) is 1.47. The molecule has 6 nitrogen and oxygen atoms in total. The molecular weight excluding hydrogens is 376 g/mol. The van der Waals surface area contributed by atoms with Crippen LogP contribution in [0.3, 0.4) is 0 Å². The Balaban J connectivity index is 0.000000207. The van der Waals surface area contributed by atoms with Crippen LogP contribution in [0.25, 0.3) is 0 Å². The summed E-state index contributed by atoms with van der Waals surface area (Å²) >= 11 is 0. The number of nitrogens with one attached hydrogen (secondary N) is 1. The number of phenols is 1. The average Bonchev–Trinajstić information content (AvgIpc) is 2.85. The molecule has 1 amide bonds. The minimum Gasteiger partial charge on any atom is -0.508 e. The number of fused-ring (bicyclic) bond motifs is 1. The summed E-state index contributed by atoms with van der Waals surface area (Å²) in [6.07, 6.45) is 1.11. The van der Waals surface area contributed by atoms with Crippen LogP contribution in [-0.4, -0.2) is 45.0 Å². The van der Waals surface area contributed by atoms with Crippen molar-refractivity contribution in [3.05, 3.63) is 59.7 Å². The molecule has 0 aliphatic carbocycles. The van der Waals surface area contributed by atoms with E-state index in [-0.39, 0.29) is 10.5 Å². The van der Waals surface area contributed by atoms with E-state index in [0.29, 0.717) is 17.6 Å². The molecule has 28 heavy (non-hydrogen) atoms. The number of carbonyl (C=O) groups excluding carboxylic acids is 1. The Morgan fingerprint density at radius 1 is 1.11 bits per heavy atom. The van der Waals surface area contributed by atoms with Crippen LogP contribution in [0.1, 0.15) is 42.1 Å². The topological polar surface area (TPSA) is 86.7 Å². The predicted octanol–water partition coefficient (Wildman–Crippen LogP) is 3.20. The minimum atomic E-state index is -3.55. The number of hydrogen-bond donors (Lipinski definition) is 2. The average molecular weight is 405 g/mol. The van der Waals surface area contributed by atoms with Gasteiger partial charge in [-0.3, -0.25) is 4.79 Å². The largest absolute Gasteiger partial charge is 0.508 e. The van der Waals surface area contributed by atoms with Crippen LogP contribution in [0.4, 0.5) is 0 Å². The van der Waals surface area contributed by atoms with Gasteiger partial charge in [0.25, 0.3) is 15.9 Å². The molecule has 1 aliphatic rings. The minimum absolute atomic E-state index is 0.0648. The summed E-state index contributed by atoms with van der Waals surface area (Å²) in [5.74, 6) is 0.940. The summed E-state index contributed by atoms with van der Waals surface area (Å²) in [7, 11) is 0.651. The first-order valence-corrected chi connectivity index (χ1v) is 10.7. The van der Waals surface area contributed by atoms with E-state index < -0.39 is 15.9 Å². The van der Waals surface area contributed by atoms with Crippen molar-refractivity contribution in [2.24, 2.45) is 5.92 Å². The molecule has 3 rings (SSSR count). The number of hydrogen-bond acceptors (Lipinski definition) is 5. The molecule has 0 fully saturated rings. The van der Waals surface area contributed by atoms with E-state index in [1.54, 1.807) is 18.2 Å². The summed E-state index contributed by atoms with van der Waals surface area (Å²) in [6, 6.07) is 13.7. The number of sulfonamides is 1. The van der Waals surface area contributed by atoms with Crippen LogP contribution in [0, 0.1) is 5.92 Å². The highest BCUT2D eigenvalue weighted by molar-refractivity contribution is 7.90. The summed E-state index contributed by atoms with van der Waals surface area (Å²) < 4.78 is 24.2. The predicted molar refractivity (Wildman–Crippen MR) is 110 cm³/mol. The highest BCUT2D eigenvalue weighted by atomic mass is 32.2. The molecule has 0 bridgehead atoms. The smallest absolute Gasteiger partial charge is 0.266 e. The molecule has 152 valence electrons. The maximum Gasteiger partial charge on any atom is 0.266 e. The van der Waals surface area contributed by atoms with E-state index >= 15 is 0 Å². The summed E-state index contributed by atoms with van der Waals surface area (Å²) in [5, 5.41) is 9.51. The fourth-order valence-electron chi connectivity index (χ4n) is 3.55. The Hall–Kier alpha value is -2.38. The lowest BCUT2D eigenvalue weighted by Gasteiger charge is -2.26. The highest BCUT2D eigenvalue weighted by Crippen LogP contribution is 2.30. The molecule has 0 aromatic heterocycles. The quantitative estimate of drug-likeness (QED) is 0.799. The second-order valence-corrected chi connectivity index (χ2v) is 8.93. The number of nitrogens with zero attached hydrogens (tertiary/aromatic N) is 1. The van der Waals surface area contributed by atoms with Crippen molar-refractivity contribution in [2.75, 3.05) is 20.6 Å². The molecular formula is C21H28N2O4S. The van der Waals surface area contributed by atoms with Crippen molar-refractivity contribution >= 4 is 15.9 Å². The van der Waals surface area contributed by atoms with E-state index in [4.69, 9.17) is 0 Å². The van der Waals surface area contributed by atoms with E-state index in [9.17, 15) is 18.3 Å². The van der Waals surface area contributed by atoms with E-state index in [2.05, 4.69) is 38.9 Å². The first kappa shape index (κ1) is 21.9. The molecule has 2 aromatic carbocycles. The highest BCUT2D eigenvalue weighted by Gasteiger charge is 2.31. The molecule has 2 atom stereocenters. The molecule has 0 radical (unpaired) electrons. The van der Waals surface area contributed by atoms with Gasteiger partial charge >= 0.3 is 0 Å². The van der Waals surface area contributed by atoms with E-state index in [0.717, 1.165) is 13.0 Å². The van der Waals surface area contributed by atoms with Gasteiger partial charge in [0.2, 0.25) is 0 Å². The number of amides is 1. The van der Waals surface area contributed by atoms with Crippen LogP contribution in [0.5, 0.6) is 5.75 Å². The zero-order chi connectivity index (χ0) is 20.9. The van der Waals surface area contributed by atoms with Crippen molar-refractivity contribution in [3.63, 3.8) is 0 Å². The van der Waals surface area contributed by atoms with Crippen LogP contribution >= 0.6 is 0 Å². The number of rotatable bonds is 5. The van der Waals surface area contributed by atoms with Crippen molar-refractivity contribution < 1.29 is 18.3 Å². The zero-order valence-electron chi connectivity index (χ0n) is 16.7. The van der Waals surface area contributed by atoms with Crippen molar-refractivity contribution in [2.45, 2.75) is 31.1 Å². The van der Waals surface area contributed by atoms with Gasteiger partial charge in [0, 0.05) is 6.54 Å². The SMILES string of the molecule is CCC(c1cccc(O)c1)C(C)CN(C)C.O=C1NS(=O)(=O)c2ccccc21. The molecule has 2 N–H and O–H groups in total. The lowest BCUT2D eigenvalue weighted by atomic mass is 9.85. The van der Waals surface area contributed by atoms with Gasteiger partial charge < -0.3 is 10.0 Å². The van der Waals surface area contributed by atoms with Crippen LogP contribution in [0.15, 0.2) is 53.4 Å². The van der Waals surface area contributed by atoms with Gasteiger partial charge in [-0.25, -0.2) is 13.1 Å². The van der Waals surface area contributed by atoms with Gasteiger partial charge in [-0.05, 0) is 62.2 Å². The van der Waals surface area contributed by atoms with Crippen LogP contribution in [0.2, 0.25) is 0 Å². The van der Waals surface area contributed by atoms with Gasteiger partial charge in [0.15, 0.2) is 0 Å². The lowest BCUT2D eigenvalue weighted by Crippen LogP contribution is -2.24. The summed E-state index contributed by atoms with van der Waals surface area (Å²) in [6.45, 7) is 5.56. The Labute approximate surface area is 167 Å². The fourth-order valence-corrected chi connectivity index (χ4v) is 4.72. The number of aromatic hydroxyl groups is 1. The number of carbonyl (C=O) groups is 1. The molecule has 7 heteroatoms. The van der Waals surface area contributed by atoms with Gasteiger partial charge in [-0.15, -0.1) is 0 Å².